The SMILES string of the molecule is CCOc1cc(CN2CCC(Nc3ncc(-c4ccccc4)cn3)CC2)cc(OCC)c1N.c1ccc(-c2cnc(NC3CCNCC3)nc2)cc1. The van der Waals surface area contributed by atoms with Gasteiger partial charge in [0.2, 0.25) is 11.9 Å². The van der Waals surface area contributed by atoms with Crippen LogP contribution in [0.1, 0.15) is 45.1 Å². The summed E-state index contributed by atoms with van der Waals surface area (Å²) in [5, 5.41) is 10.2. The minimum absolute atomic E-state index is 0.369. The Kier molecular flexibility index (Phi) is 13.2. The maximum Gasteiger partial charge on any atom is 0.222 e. The van der Waals surface area contributed by atoms with Gasteiger partial charge in [-0.1, -0.05) is 60.7 Å². The molecular formula is C41H51N9O2. The lowest BCUT2D eigenvalue weighted by molar-refractivity contribution is 0.210. The van der Waals surface area contributed by atoms with E-state index in [1.54, 1.807) is 0 Å². The van der Waals surface area contributed by atoms with Gasteiger partial charge in [-0.15, -0.1) is 0 Å². The molecule has 2 aliphatic heterocycles. The largest absolute Gasteiger partial charge is 0.492 e. The molecule has 5 aromatic rings. The number of anilines is 3. The Balaban J connectivity index is 0.000000206. The van der Waals surface area contributed by atoms with E-state index in [0.717, 1.165) is 92.2 Å². The third-order valence-corrected chi connectivity index (χ3v) is 9.28. The van der Waals surface area contributed by atoms with Crippen molar-refractivity contribution in [3.05, 3.63) is 103 Å². The van der Waals surface area contributed by atoms with Crippen molar-refractivity contribution in [2.75, 3.05) is 55.8 Å². The van der Waals surface area contributed by atoms with Crippen LogP contribution in [0.4, 0.5) is 17.6 Å². The van der Waals surface area contributed by atoms with Crippen LogP contribution in [0.25, 0.3) is 22.3 Å². The summed E-state index contributed by atoms with van der Waals surface area (Å²) >= 11 is 0. The van der Waals surface area contributed by atoms with Crippen LogP contribution in [0, 0.1) is 0 Å². The van der Waals surface area contributed by atoms with Gasteiger partial charge in [0.05, 0.1) is 13.2 Å². The molecule has 0 spiro atoms. The van der Waals surface area contributed by atoms with Gasteiger partial charge < -0.3 is 31.2 Å². The highest BCUT2D eigenvalue weighted by Gasteiger charge is 2.21. The fourth-order valence-corrected chi connectivity index (χ4v) is 6.49. The van der Waals surface area contributed by atoms with Crippen molar-refractivity contribution in [1.29, 1.82) is 0 Å². The molecule has 52 heavy (non-hydrogen) atoms. The van der Waals surface area contributed by atoms with Crippen molar-refractivity contribution in [3.8, 4) is 33.8 Å². The number of nitrogens with one attached hydrogen (secondary N) is 3. The minimum atomic E-state index is 0.369. The maximum absolute atomic E-state index is 6.21. The topological polar surface area (TPSA) is 135 Å². The number of likely N-dealkylation sites (tertiary alicyclic amines) is 1. The van der Waals surface area contributed by atoms with Crippen LogP contribution in [0.15, 0.2) is 97.6 Å². The van der Waals surface area contributed by atoms with Crippen LogP contribution in [-0.2, 0) is 6.54 Å². The number of piperidine rings is 2. The Morgan fingerprint density at radius 3 is 1.54 bits per heavy atom. The second-order valence-electron chi connectivity index (χ2n) is 13.1. The molecule has 0 bridgehead atoms. The van der Waals surface area contributed by atoms with E-state index in [1.807, 2.05) is 87.2 Å². The van der Waals surface area contributed by atoms with E-state index in [2.05, 4.69) is 65.1 Å². The van der Waals surface area contributed by atoms with E-state index in [1.165, 1.54) is 0 Å². The van der Waals surface area contributed by atoms with Crippen molar-refractivity contribution < 1.29 is 9.47 Å². The Bertz CT molecular complexity index is 1750. The summed E-state index contributed by atoms with van der Waals surface area (Å²) in [7, 11) is 0. The van der Waals surface area contributed by atoms with Crippen LogP contribution in [0.3, 0.4) is 0 Å². The molecule has 0 radical (unpaired) electrons. The Morgan fingerprint density at radius 1 is 0.654 bits per heavy atom. The zero-order valence-corrected chi connectivity index (χ0v) is 30.3. The number of benzene rings is 3. The Hall–Kier alpha value is -5.26. The lowest BCUT2D eigenvalue weighted by atomic mass is 10.0. The second kappa shape index (κ2) is 18.8. The second-order valence-corrected chi connectivity index (χ2v) is 13.1. The van der Waals surface area contributed by atoms with E-state index < -0.39 is 0 Å². The maximum atomic E-state index is 6.21. The predicted molar refractivity (Wildman–Crippen MR) is 210 cm³/mol. The average Bonchev–Trinajstić information content (AvgIpc) is 3.19. The van der Waals surface area contributed by atoms with E-state index in [9.17, 15) is 0 Å². The molecule has 2 fully saturated rings. The highest BCUT2D eigenvalue weighted by atomic mass is 16.5. The Morgan fingerprint density at radius 2 is 1.10 bits per heavy atom. The molecule has 4 heterocycles. The molecule has 272 valence electrons. The molecule has 11 heteroatoms. The third kappa shape index (κ3) is 10.4. The minimum Gasteiger partial charge on any atom is -0.492 e. The predicted octanol–water partition coefficient (Wildman–Crippen LogP) is 6.91. The lowest BCUT2D eigenvalue weighted by Crippen LogP contribution is -2.39. The summed E-state index contributed by atoms with van der Waals surface area (Å²) < 4.78 is 11.5. The monoisotopic (exact) mass is 701 g/mol. The van der Waals surface area contributed by atoms with Gasteiger partial charge in [-0.3, -0.25) is 4.90 Å². The van der Waals surface area contributed by atoms with E-state index in [-0.39, 0.29) is 0 Å². The van der Waals surface area contributed by atoms with Crippen LogP contribution in [0.5, 0.6) is 11.5 Å². The zero-order chi connectivity index (χ0) is 36.0. The first-order valence-electron chi connectivity index (χ1n) is 18.5. The normalized spacial score (nSPS) is 15.3. The van der Waals surface area contributed by atoms with Gasteiger partial charge in [-0.05, 0) is 81.4 Å². The molecule has 0 saturated carbocycles. The third-order valence-electron chi connectivity index (χ3n) is 9.28. The molecule has 0 atom stereocenters. The molecule has 2 aliphatic rings. The van der Waals surface area contributed by atoms with Gasteiger partial charge in [0.25, 0.3) is 0 Å². The molecule has 11 nitrogen and oxygen atoms in total. The first-order chi connectivity index (χ1) is 25.6. The van der Waals surface area contributed by atoms with Crippen LogP contribution in [-0.4, -0.2) is 76.3 Å². The van der Waals surface area contributed by atoms with Crippen molar-refractivity contribution >= 4 is 17.6 Å². The molecular weight excluding hydrogens is 651 g/mol. The Labute approximate surface area is 307 Å². The molecule has 5 N–H and O–H groups in total. The van der Waals surface area contributed by atoms with Gasteiger partial charge in [-0.2, -0.15) is 0 Å². The molecule has 3 aromatic carbocycles. The first-order valence-corrected chi connectivity index (χ1v) is 18.5. The summed E-state index contributed by atoms with van der Waals surface area (Å²) in [4.78, 5) is 20.3. The lowest BCUT2D eigenvalue weighted by Gasteiger charge is -2.32. The quantitative estimate of drug-likeness (QED) is 0.101. The number of hydrogen-bond donors (Lipinski definition) is 4. The number of aromatic nitrogens is 4. The number of hydrogen-bond acceptors (Lipinski definition) is 11. The van der Waals surface area contributed by atoms with Gasteiger partial charge >= 0.3 is 0 Å². The number of nitrogens with two attached hydrogens (primary N) is 1. The van der Waals surface area contributed by atoms with E-state index in [0.29, 0.717) is 48.4 Å². The summed E-state index contributed by atoms with van der Waals surface area (Å²) in [6, 6.07) is 25.3. The summed E-state index contributed by atoms with van der Waals surface area (Å²) in [6.07, 6.45) is 11.9. The fourth-order valence-electron chi connectivity index (χ4n) is 6.49. The number of nitrogen functional groups attached to an aromatic ring is 1. The van der Waals surface area contributed by atoms with Crippen molar-refractivity contribution in [1.82, 2.24) is 30.2 Å². The molecule has 2 aromatic heterocycles. The summed E-state index contributed by atoms with van der Waals surface area (Å²) in [6.45, 7) is 10.0. The molecule has 2 saturated heterocycles. The molecule has 0 unspecified atom stereocenters. The molecule has 0 amide bonds. The van der Waals surface area contributed by atoms with Gasteiger partial charge in [-0.25, -0.2) is 19.9 Å². The molecule has 7 rings (SSSR count). The summed E-state index contributed by atoms with van der Waals surface area (Å²) in [5.41, 5.74) is 12.3. The van der Waals surface area contributed by atoms with Crippen LogP contribution < -0.4 is 31.2 Å². The number of ether oxygens (including phenoxy) is 2. The van der Waals surface area contributed by atoms with E-state index in [4.69, 9.17) is 15.2 Å². The smallest absolute Gasteiger partial charge is 0.222 e. The standard InChI is InChI=1S/C26H33N5O2.C15H18N4/c1-3-32-23-14-19(15-24(25(23)27)33-4-2)18-31-12-10-22(11-13-31)30-26-28-16-21(17-29-26)20-8-6-5-7-9-20;1-2-4-12(5-3-1)13-10-17-15(18-11-13)19-14-6-8-16-9-7-14/h5-9,14-17,22H,3-4,10-13,18,27H2,1-2H3,(H,28,29,30);1-5,10-11,14,16H,6-9H2,(H,17,18,19). The average molecular weight is 702 g/mol. The number of rotatable bonds is 12. The highest BCUT2D eigenvalue weighted by molar-refractivity contribution is 5.65. The zero-order valence-electron chi connectivity index (χ0n) is 30.3. The van der Waals surface area contributed by atoms with Gasteiger partial charge in [0.15, 0.2) is 0 Å². The van der Waals surface area contributed by atoms with Crippen molar-refractivity contribution in [2.24, 2.45) is 0 Å². The van der Waals surface area contributed by atoms with Gasteiger partial charge in [0, 0.05) is 67.6 Å². The fraction of sp³-hybridized carbons (Fsp3) is 0.366. The number of nitrogens with zero attached hydrogens (tertiary/aromatic N) is 5. The van der Waals surface area contributed by atoms with Crippen molar-refractivity contribution in [3.63, 3.8) is 0 Å². The van der Waals surface area contributed by atoms with Crippen LogP contribution in [0.2, 0.25) is 0 Å². The molecule has 0 aliphatic carbocycles. The highest BCUT2D eigenvalue weighted by Crippen LogP contribution is 2.34. The van der Waals surface area contributed by atoms with E-state index >= 15 is 0 Å². The first kappa shape index (κ1) is 36.5. The van der Waals surface area contributed by atoms with Gasteiger partial charge in [0.1, 0.15) is 17.2 Å². The van der Waals surface area contributed by atoms with Crippen molar-refractivity contribution in [2.45, 2.75) is 58.2 Å². The van der Waals surface area contributed by atoms with Crippen LogP contribution >= 0.6 is 0 Å². The summed E-state index contributed by atoms with van der Waals surface area (Å²) in [5.74, 6) is 2.82.